The summed E-state index contributed by atoms with van der Waals surface area (Å²) in [5, 5.41) is 0.964. The van der Waals surface area contributed by atoms with Crippen molar-refractivity contribution < 1.29 is 19.0 Å². The van der Waals surface area contributed by atoms with Crippen molar-refractivity contribution in [2.45, 2.75) is 31.5 Å². The standard InChI is InChI=1S/C26H29N3O4/c1-31-20-5-3-18(4-6-20)16-28-13-10-19(11-14-28)29-17-25(33-26(29)30)22-9-12-27-24-8-7-21(32-2)15-23(22)24/h3-9,12,15,19,25H,10-11,13-14,16-17H2,1-2H3. The monoisotopic (exact) mass is 447 g/mol. The van der Waals surface area contributed by atoms with E-state index in [1.54, 1.807) is 20.4 Å². The maximum Gasteiger partial charge on any atom is 0.410 e. The molecule has 1 atom stereocenters. The third-order valence-electron chi connectivity index (χ3n) is 6.73. The molecule has 172 valence electrons. The zero-order chi connectivity index (χ0) is 22.8. The number of pyridine rings is 1. The van der Waals surface area contributed by atoms with Crippen molar-refractivity contribution in [3.63, 3.8) is 0 Å². The molecule has 0 radical (unpaired) electrons. The molecule has 0 spiro atoms. The van der Waals surface area contributed by atoms with Crippen molar-refractivity contribution >= 4 is 17.0 Å². The number of rotatable bonds is 6. The van der Waals surface area contributed by atoms with Gasteiger partial charge in [0.1, 0.15) is 17.6 Å². The highest BCUT2D eigenvalue weighted by atomic mass is 16.6. The van der Waals surface area contributed by atoms with Crippen molar-refractivity contribution in [3.8, 4) is 11.5 Å². The lowest BCUT2D eigenvalue weighted by Gasteiger charge is -2.35. The van der Waals surface area contributed by atoms with Gasteiger partial charge in [0.2, 0.25) is 0 Å². The highest BCUT2D eigenvalue weighted by molar-refractivity contribution is 5.84. The molecular weight excluding hydrogens is 418 g/mol. The Morgan fingerprint density at radius 1 is 1.00 bits per heavy atom. The van der Waals surface area contributed by atoms with Crippen molar-refractivity contribution in [1.82, 2.24) is 14.8 Å². The van der Waals surface area contributed by atoms with E-state index in [2.05, 4.69) is 22.0 Å². The lowest BCUT2D eigenvalue weighted by atomic mass is 10.0. The normalized spacial score (nSPS) is 19.6. The van der Waals surface area contributed by atoms with Crippen LogP contribution in [0.1, 0.15) is 30.1 Å². The van der Waals surface area contributed by atoms with Crippen molar-refractivity contribution in [2.75, 3.05) is 33.9 Å². The van der Waals surface area contributed by atoms with Gasteiger partial charge in [-0.15, -0.1) is 0 Å². The summed E-state index contributed by atoms with van der Waals surface area (Å²) in [6.07, 6.45) is 3.15. The van der Waals surface area contributed by atoms with Crippen LogP contribution in [0.15, 0.2) is 54.7 Å². The fraction of sp³-hybridized carbons (Fsp3) is 0.385. The Morgan fingerprint density at radius 3 is 2.45 bits per heavy atom. The van der Waals surface area contributed by atoms with Crippen LogP contribution in [0.25, 0.3) is 10.9 Å². The van der Waals surface area contributed by atoms with Gasteiger partial charge in [0, 0.05) is 42.8 Å². The Hall–Kier alpha value is -3.32. The van der Waals surface area contributed by atoms with E-state index in [-0.39, 0.29) is 18.2 Å². The number of ether oxygens (including phenoxy) is 3. The molecule has 33 heavy (non-hydrogen) atoms. The summed E-state index contributed by atoms with van der Waals surface area (Å²) in [6, 6.07) is 16.2. The van der Waals surface area contributed by atoms with Crippen LogP contribution in [-0.2, 0) is 11.3 Å². The molecule has 2 aromatic carbocycles. The van der Waals surface area contributed by atoms with Gasteiger partial charge in [-0.25, -0.2) is 4.79 Å². The molecule has 1 aromatic heterocycles. The molecule has 3 heterocycles. The van der Waals surface area contributed by atoms with Crippen LogP contribution >= 0.6 is 0 Å². The van der Waals surface area contributed by atoms with E-state index in [0.717, 1.165) is 60.4 Å². The number of hydrogen-bond donors (Lipinski definition) is 0. The number of carbonyl (C=O) groups is 1. The van der Waals surface area contributed by atoms with Crippen LogP contribution in [-0.4, -0.2) is 60.8 Å². The average Bonchev–Trinajstić information content (AvgIpc) is 3.25. The molecule has 1 unspecified atom stereocenters. The third kappa shape index (κ3) is 4.46. The maximum atomic E-state index is 12.8. The zero-order valence-corrected chi connectivity index (χ0v) is 19.1. The summed E-state index contributed by atoms with van der Waals surface area (Å²) in [5.41, 5.74) is 3.12. The summed E-state index contributed by atoms with van der Waals surface area (Å²) in [4.78, 5) is 21.6. The lowest BCUT2D eigenvalue weighted by Crippen LogP contribution is -2.45. The number of cyclic esters (lactones) is 1. The molecule has 0 saturated carbocycles. The van der Waals surface area contributed by atoms with Crippen LogP contribution < -0.4 is 9.47 Å². The maximum absolute atomic E-state index is 12.8. The molecule has 2 saturated heterocycles. The number of fused-ring (bicyclic) bond motifs is 1. The van der Waals surface area contributed by atoms with Crippen LogP contribution in [0.3, 0.4) is 0 Å². The van der Waals surface area contributed by atoms with E-state index in [1.165, 1.54) is 5.56 Å². The molecule has 1 amide bonds. The fourth-order valence-electron chi connectivity index (χ4n) is 4.87. The Kier molecular flexibility index (Phi) is 6.05. The number of hydrogen-bond acceptors (Lipinski definition) is 6. The summed E-state index contributed by atoms with van der Waals surface area (Å²) in [6.45, 7) is 3.40. The van der Waals surface area contributed by atoms with Gasteiger partial charge in [0.25, 0.3) is 0 Å². The van der Waals surface area contributed by atoms with Gasteiger partial charge >= 0.3 is 6.09 Å². The van der Waals surface area contributed by atoms with Crippen molar-refractivity contribution in [1.29, 1.82) is 0 Å². The third-order valence-corrected chi connectivity index (χ3v) is 6.73. The molecule has 0 bridgehead atoms. The number of nitrogens with zero attached hydrogens (tertiary/aromatic N) is 3. The predicted molar refractivity (Wildman–Crippen MR) is 126 cm³/mol. The van der Waals surface area contributed by atoms with Gasteiger partial charge in [0.05, 0.1) is 26.3 Å². The first-order valence-electron chi connectivity index (χ1n) is 11.4. The van der Waals surface area contributed by atoms with Crippen LogP contribution in [0.2, 0.25) is 0 Å². The molecule has 7 nitrogen and oxygen atoms in total. The highest BCUT2D eigenvalue weighted by Gasteiger charge is 2.38. The minimum absolute atomic E-state index is 0.206. The number of likely N-dealkylation sites (tertiary alicyclic amines) is 1. The smallest absolute Gasteiger partial charge is 0.410 e. The number of benzene rings is 2. The first kappa shape index (κ1) is 21.5. The van der Waals surface area contributed by atoms with E-state index in [1.807, 2.05) is 41.3 Å². The molecule has 0 aliphatic carbocycles. The first-order valence-corrected chi connectivity index (χ1v) is 11.4. The number of methoxy groups -OCH3 is 2. The minimum atomic E-state index is -0.299. The summed E-state index contributed by atoms with van der Waals surface area (Å²) in [5.74, 6) is 1.64. The lowest BCUT2D eigenvalue weighted by molar-refractivity contribution is 0.110. The van der Waals surface area contributed by atoms with Gasteiger partial charge in [-0.05, 0) is 54.8 Å². The van der Waals surface area contributed by atoms with E-state index in [9.17, 15) is 4.79 Å². The number of carbonyl (C=O) groups excluding carboxylic acids is 1. The highest BCUT2D eigenvalue weighted by Crippen LogP contribution is 2.34. The molecule has 2 aliphatic heterocycles. The average molecular weight is 448 g/mol. The topological polar surface area (TPSA) is 64.1 Å². The van der Waals surface area contributed by atoms with Gasteiger partial charge in [0.15, 0.2) is 0 Å². The van der Waals surface area contributed by atoms with Gasteiger partial charge in [-0.1, -0.05) is 12.1 Å². The Labute approximate surface area is 193 Å². The number of aromatic nitrogens is 1. The predicted octanol–water partition coefficient (Wildman–Crippen LogP) is 4.41. The first-order chi connectivity index (χ1) is 16.1. The fourth-order valence-corrected chi connectivity index (χ4v) is 4.87. The van der Waals surface area contributed by atoms with Gasteiger partial charge in [-0.2, -0.15) is 0 Å². The van der Waals surface area contributed by atoms with Gasteiger partial charge < -0.3 is 19.1 Å². The van der Waals surface area contributed by atoms with Crippen LogP contribution in [0.5, 0.6) is 11.5 Å². The molecule has 5 rings (SSSR count). The molecule has 0 N–H and O–H groups in total. The summed E-state index contributed by atoms with van der Waals surface area (Å²) in [7, 11) is 3.33. The molecule has 2 aliphatic rings. The van der Waals surface area contributed by atoms with Gasteiger partial charge in [-0.3, -0.25) is 9.88 Å². The van der Waals surface area contributed by atoms with E-state index >= 15 is 0 Å². The molecule has 2 fully saturated rings. The summed E-state index contributed by atoms with van der Waals surface area (Å²) < 4.78 is 16.5. The molecule has 3 aromatic rings. The van der Waals surface area contributed by atoms with Crippen molar-refractivity contribution in [3.05, 3.63) is 65.9 Å². The second kappa shape index (κ2) is 9.27. The van der Waals surface area contributed by atoms with E-state index in [0.29, 0.717) is 6.54 Å². The van der Waals surface area contributed by atoms with Crippen LogP contribution in [0.4, 0.5) is 4.79 Å². The largest absolute Gasteiger partial charge is 0.497 e. The second-order valence-electron chi connectivity index (χ2n) is 8.66. The van der Waals surface area contributed by atoms with E-state index < -0.39 is 0 Å². The minimum Gasteiger partial charge on any atom is -0.497 e. The van der Waals surface area contributed by atoms with E-state index in [4.69, 9.17) is 14.2 Å². The number of amides is 1. The SMILES string of the molecule is COc1ccc(CN2CCC(N3CC(c4ccnc5ccc(OC)cc45)OC3=O)CC2)cc1. The Morgan fingerprint density at radius 2 is 1.73 bits per heavy atom. The Balaban J connectivity index is 1.23. The van der Waals surface area contributed by atoms with Crippen molar-refractivity contribution in [2.24, 2.45) is 0 Å². The quantitative estimate of drug-likeness (QED) is 0.558. The molecular formula is C26H29N3O4. The molecule has 7 heteroatoms. The van der Waals surface area contributed by atoms with Crippen LogP contribution in [0, 0.1) is 0 Å². The second-order valence-corrected chi connectivity index (χ2v) is 8.66. The zero-order valence-electron chi connectivity index (χ0n) is 19.1. The Bertz CT molecular complexity index is 1130. The summed E-state index contributed by atoms with van der Waals surface area (Å²) >= 11 is 0. The number of piperidine rings is 1.